The molecule has 0 bridgehead atoms. The Kier molecular flexibility index (Phi) is 2.96. The van der Waals surface area contributed by atoms with Gasteiger partial charge in [0.25, 0.3) is 19.2 Å². The third-order valence-corrected chi connectivity index (χ3v) is 7.26. The average Bonchev–Trinajstić information content (AvgIpc) is 2.93. The Hall–Kier alpha value is -0.830. The van der Waals surface area contributed by atoms with Crippen molar-refractivity contribution in [1.82, 2.24) is 9.34 Å². The highest BCUT2D eigenvalue weighted by Crippen LogP contribution is 2.67. The Bertz CT molecular complexity index is 500. The molecule has 0 saturated carbocycles. The first-order valence-electron chi connectivity index (χ1n) is 7.62. The summed E-state index contributed by atoms with van der Waals surface area (Å²) in [5, 5.41) is 0. The minimum Gasteiger partial charge on any atom is -0.473 e. The number of hydrogen-bond acceptors (Lipinski definition) is 3. The van der Waals surface area contributed by atoms with Crippen LogP contribution in [-0.4, -0.2) is 41.3 Å². The van der Waals surface area contributed by atoms with E-state index in [1.807, 2.05) is 16.0 Å². The highest BCUT2D eigenvalue weighted by Gasteiger charge is 2.61. The van der Waals surface area contributed by atoms with Gasteiger partial charge in [-0.1, -0.05) is 41.5 Å². The van der Waals surface area contributed by atoms with E-state index in [1.54, 1.807) is 0 Å². The lowest BCUT2D eigenvalue weighted by Gasteiger charge is -2.40. The van der Waals surface area contributed by atoms with Gasteiger partial charge in [0, 0.05) is 6.66 Å². The molecule has 0 radical (unpaired) electrons. The standard InChI is InChI=1S/C15H27N2O3P/c1-14(2,3)10-8-19-12-13-17(21(7,18)16(10)12)11(9-20-13)15(4,5)6/h10-11H,8-9H2,1-7H3/t10-,11-/m1/s1. The van der Waals surface area contributed by atoms with Gasteiger partial charge in [-0.25, -0.2) is 0 Å². The fraction of sp³-hybridized carbons (Fsp3) is 0.867. The van der Waals surface area contributed by atoms with Crippen LogP contribution in [-0.2, 0) is 14.0 Å². The first-order chi connectivity index (χ1) is 9.45. The largest absolute Gasteiger partial charge is 0.473 e. The molecule has 0 amide bonds. The molecule has 3 aliphatic rings. The van der Waals surface area contributed by atoms with Crippen LogP contribution in [0.2, 0.25) is 0 Å². The van der Waals surface area contributed by atoms with Crippen LogP contribution in [0, 0.1) is 10.8 Å². The van der Waals surface area contributed by atoms with Gasteiger partial charge in [-0.15, -0.1) is 0 Å². The maximum atomic E-state index is 13.6. The number of hydrogen-bond donors (Lipinski definition) is 0. The van der Waals surface area contributed by atoms with E-state index in [9.17, 15) is 4.57 Å². The molecule has 0 N–H and O–H groups in total. The van der Waals surface area contributed by atoms with E-state index in [-0.39, 0.29) is 22.9 Å². The topological polar surface area (TPSA) is 42.0 Å². The molecule has 0 aromatic rings. The normalized spacial score (nSPS) is 31.2. The van der Waals surface area contributed by atoms with E-state index >= 15 is 0 Å². The van der Waals surface area contributed by atoms with Gasteiger partial charge >= 0.3 is 0 Å². The maximum Gasteiger partial charge on any atom is 0.265 e. The molecule has 0 aromatic heterocycles. The van der Waals surface area contributed by atoms with E-state index in [1.165, 1.54) is 0 Å². The minimum absolute atomic E-state index is 0.00493. The zero-order chi connectivity index (χ0) is 15.8. The van der Waals surface area contributed by atoms with Gasteiger partial charge in [0.2, 0.25) is 0 Å². The summed E-state index contributed by atoms with van der Waals surface area (Å²) >= 11 is 0. The van der Waals surface area contributed by atoms with Crippen LogP contribution in [0.4, 0.5) is 0 Å². The highest BCUT2D eigenvalue weighted by atomic mass is 31.2. The van der Waals surface area contributed by atoms with Gasteiger partial charge in [-0.2, -0.15) is 0 Å². The van der Waals surface area contributed by atoms with E-state index in [2.05, 4.69) is 41.5 Å². The van der Waals surface area contributed by atoms with Crippen molar-refractivity contribution in [2.45, 2.75) is 53.6 Å². The van der Waals surface area contributed by atoms with Crippen molar-refractivity contribution in [2.24, 2.45) is 10.8 Å². The van der Waals surface area contributed by atoms with E-state index in [4.69, 9.17) is 9.47 Å². The molecule has 0 unspecified atom stereocenters. The lowest BCUT2D eigenvalue weighted by molar-refractivity contribution is 0.179. The number of fused-ring (bicyclic) bond motifs is 2. The Morgan fingerprint density at radius 3 is 1.52 bits per heavy atom. The van der Waals surface area contributed by atoms with Crippen LogP contribution in [0.5, 0.6) is 0 Å². The van der Waals surface area contributed by atoms with Crippen molar-refractivity contribution in [2.75, 3.05) is 19.9 Å². The Morgan fingerprint density at radius 2 is 1.24 bits per heavy atom. The molecule has 3 aliphatic heterocycles. The molecule has 2 fully saturated rings. The molecule has 0 spiro atoms. The monoisotopic (exact) mass is 314 g/mol. The van der Waals surface area contributed by atoms with Gasteiger partial charge in [-0.3, -0.25) is 13.9 Å². The van der Waals surface area contributed by atoms with Crippen LogP contribution < -0.4 is 0 Å². The van der Waals surface area contributed by atoms with Crippen LogP contribution in [0.15, 0.2) is 11.8 Å². The lowest BCUT2D eigenvalue weighted by Crippen LogP contribution is -2.43. The summed E-state index contributed by atoms with van der Waals surface area (Å²) in [6, 6.07) is 0.233. The Morgan fingerprint density at radius 1 is 0.905 bits per heavy atom. The summed E-state index contributed by atoms with van der Waals surface area (Å²) in [4.78, 5) is 0. The van der Waals surface area contributed by atoms with Crippen molar-refractivity contribution in [3.63, 3.8) is 0 Å². The maximum absolute atomic E-state index is 13.6. The second-order valence-electron chi connectivity index (χ2n) is 8.52. The highest BCUT2D eigenvalue weighted by molar-refractivity contribution is 7.59. The Labute approximate surface area is 127 Å². The van der Waals surface area contributed by atoms with Crippen molar-refractivity contribution >= 4 is 7.44 Å². The van der Waals surface area contributed by atoms with Gasteiger partial charge in [-0.05, 0) is 10.8 Å². The summed E-state index contributed by atoms with van der Waals surface area (Å²) < 4.78 is 29.4. The molecule has 2 atom stereocenters. The van der Waals surface area contributed by atoms with Crippen LogP contribution in [0.25, 0.3) is 0 Å². The molecular weight excluding hydrogens is 287 g/mol. The van der Waals surface area contributed by atoms with Crippen molar-refractivity contribution < 1.29 is 14.0 Å². The third kappa shape index (κ3) is 2.00. The summed E-state index contributed by atoms with van der Waals surface area (Å²) in [5.74, 6) is 1.38. The van der Waals surface area contributed by atoms with Crippen LogP contribution >= 0.6 is 7.44 Å². The van der Waals surface area contributed by atoms with Crippen molar-refractivity contribution in [1.29, 1.82) is 0 Å². The molecule has 0 aromatic carbocycles. The summed E-state index contributed by atoms with van der Waals surface area (Å²) in [7, 11) is -2.71. The summed E-state index contributed by atoms with van der Waals surface area (Å²) in [6.07, 6.45) is 0. The van der Waals surface area contributed by atoms with Gasteiger partial charge < -0.3 is 9.47 Å². The fourth-order valence-electron chi connectivity index (χ4n) is 3.38. The quantitative estimate of drug-likeness (QED) is 0.641. The molecule has 2 saturated heterocycles. The van der Waals surface area contributed by atoms with Crippen molar-refractivity contribution in [3.8, 4) is 0 Å². The van der Waals surface area contributed by atoms with E-state index in [0.717, 1.165) is 0 Å². The first-order valence-corrected chi connectivity index (χ1v) is 9.68. The first kappa shape index (κ1) is 15.1. The second-order valence-corrected chi connectivity index (χ2v) is 11.1. The van der Waals surface area contributed by atoms with Gasteiger partial charge in [0.15, 0.2) is 0 Å². The molecule has 120 valence electrons. The van der Waals surface area contributed by atoms with Gasteiger partial charge in [0.1, 0.15) is 13.2 Å². The zero-order valence-electron chi connectivity index (χ0n) is 14.1. The third-order valence-electron chi connectivity index (χ3n) is 4.74. The number of nitrogens with zero attached hydrogens (tertiary/aromatic N) is 2. The number of rotatable bonds is 0. The molecule has 3 rings (SSSR count). The smallest absolute Gasteiger partial charge is 0.265 e. The predicted octanol–water partition coefficient (Wildman–Crippen LogP) is 3.44. The second kappa shape index (κ2) is 4.13. The van der Waals surface area contributed by atoms with Gasteiger partial charge in [0.05, 0.1) is 12.1 Å². The zero-order valence-corrected chi connectivity index (χ0v) is 15.0. The summed E-state index contributed by atoms with van der Waals surface area (Å²) in [5.41, 5.74) is 0.00985. The summed E-state index contributed by atoms with van der Waals surface area (Å²) in [6.45, 7) is 16.0. The number of ether oxygens (including phenoxy) is 2. The Balaban J connectivity index is 2.05. The molecule has 6 heteroatoms. The molecule has 3 heterocycles. The van der Waals surface area contributed by atoms with Crippen molar-refractivity contribution in [3.05, 3.63) is 11.8 Å². The molecular formula is C15H27N2O3P. The van der Waals surface area contributed by atoms with E-state index < -0.39 is 7.44 Å². The fourth-order valence-corrected chi connectivity index (χ4v) is 6.41. The minimum atomic E-state index is -2.71. The SMILES string of the molecule is CC(C)(C)[C@H]1COC2=C3OC[C@H](C(C)(C)C)N3P(C)(=O)N21. The lowest BCUT2D eigenvalue weighted by atomic mass is 9.88. The van der Waals surface area contributed by atoms with Crippen LogP contribution in [0.3, 0.4) is 0 Å². The molecule has 21 heavy (non-hydrogen) atoms. The van der Waals surface area contributed by atoms with Crippen LogP contribution in [0.1, 0.15) is 41.5 Å². The molecule has 0 aliphatic carbocycles. The molecule has 5 nitrogen and oxygen atoms in total. The van der Waals surface area contributed by atoms with E-state index in [0.29, 0.717) is 25.0 Å². The predicted molar refractivity (Wildman–Crippen MR) is 82.6 cm³/mol. The average molecular weight is 314 g/mol.